The average molecular weight is 450 g/mol. The lowest BCUT2D eigenvalue weighted by Crippen LogP contribution is -2.20. The summed E-state index contributed by atoms with van der Waals surface area (Å²) in [5.41, 5.74) is 7.19. The van der Waals surface area contributed by atoms with Crippen LogP contribution in [-0.4, -0.2) is 32.6 Å². The van der Waals surface area contributed by atoms with Crippen molar-refractivity contribution in [1.29, 1.82) is 0 Å². The zero-order chi connectivity index (χ0) is 23.1. The molecule has 1 heterocycles. The van der Waals surface area contributed by atoms with Gasteiger partial charge in [0.2, 0.25) is 0 Å². The average Bonchev–Trinajstić information content (AvgIpc) is 3.20. The van der Waals surface area contributed by atoms with Gasteiger partial charge < -0.3 is 4.57 Å². The summed E-state index contributed by atoms with van der Waals surface area (Å²) in [6.07, 6.45) is 2.65. The lowest BCUT2D eigenvalue weighted by Gasteiger charge is -2.19. The SMILES string of the molecule is CCc1ccc(/C=N/NC(=O)CSc2nnc(-c3ccc(C(C)(C)C)cc3)n2CC)cc1. The van der Waals surface area contributed by atoms with Crippen molar-refractivity contribution in [3.63, 3.8) is 0 Å². The molecule has 3 rings (SSSR count). The number of amides is 1. The van der Waals surface area contributed by atoms with Crippen LogP contribution in [0, 0.1) is 0 Å². The van der Waals surface area contributed by atoms with Crippen molar-refractivity contribution in [2.24, 2.45) is 5.10 Å². The van der Waals surface area contributed by atoms with Crippen LogP contribution in [-0.2, 0) is 23.2 Å². The number of carbonyl (C=O) groups excluding carboxylic acids is 1. The van der Waals surface area contributed by atoms with Gasteiger partial charge in [-0.1, -0.05) is 88.0 Å². The third-order valence-electron chi connectivity index (χ3n) is 5.17. The number of benzene rings is 2. The van der Waals surface area contributed by atoms with E-state index in [4.69, 9.17) is 0 Å². The summed E-state index contributed by atoms with van der Waals surface area (Å²) in [6.45, 7) is 11.5. The molecular formula is C25H31N5OS. The molecule has 0 saturated carbocycles. The quantitative estimate of drug-likeness (QED) is 0.296. The van der Waals surface area contributed by atoms with Crippen molar-refractivity contribution < 1.29 is 4.79 Å². The molecule has 32 heavy (non-hydrogen) atoms. The predicted octanol–water partition coefficient (Wildman–Crippen LogP) is 5.07. The van der Waals surface area contributed by atoms with Gasteiger partial charge in [-0.05, 0) is 35.4 Å². The molecule has 0 spiro atoms. The van der Waals surface area contributed by atoms with Gasteiger partial charge in [0.25, 0.3) is 5.91 Å². The Morgan fingerprint density at radius 3 is 2.34 bits per heavy atom. The second kappa shape index (κ2) is 10.6. The first-order chi connectivity index (χ1) is 15.3. The maximum absolute atomic E-state index is 12.2. The first-order valence-corrected chi connectivity index (χ1v) is 11.9. The minimum absolute atomic E-state index is 0.104. The molecule has 1 N–H and O–H groups in total. The van der Waals surface area contributed by atoms with Gasteiger partial charge in [-0.25, -0.2) is 5.43 Å². The number of thioether (sulfide) groups is 1. The van der Waals surface area contributed by atoms with Crippen molar-refractivity contribution in [2.75, 3.05) is 5.75 Å². The van der Waals surface area contributed by atoms with E-state index in [1.54, 1.807) is 6.21 Å². The number of aryl methyl sites for hydroxylation is 1. The largest absolute Gasteiger partial charge is 0.302 e. The molecule has 0 aliphatic carbocycles. The number of carbonyl (C=O) groups is 1. The number of aromatic nitrogens is 3. The van der Waals surface area contributed by atoms with Crippen LogP contribution in [0.4, 0.5) is 0 Å². The lowest BCUT2D eigenvalue weighted by molar-refractivity contribution is -0.118. The van der Waals surface area contributed by atoms with Crippen molar-refractivity contribution in [3.05, 3.63) is 65.2 Å². The predicted molar refractivity (Wildman–Crippen MR) is 132 cm³/mol. The van der Waals surface area contributed by atoms with E-state index in [1.165, 1.54) is 22.9 Å². The summed E-state index contributed by atoms with van der Waals surface area (Å²) >= 11 is 1.36. The third kappa shape index (κ3) is 6.07. The van der Waals surface area contributed by atoms with E-state index in [0.717, 1.165) is 35.1 Å². The number of hydrogen-bond acceptors (Lipinski definition) is 5. The van der Waals surface area contributed by atoms with Crippen LogP contribution < -0.4 is 5.43 Å². The first-order valence-electron chi connectivity index (χ1n) is 10.9. The standard InChI is InChI=1S/C25H31N5OS/c1-6-18-8-10-19(11-9-18)16-26-27-22(31)17-32-24-29-28-23(30(24)7-2)20-12-14-21(15-13-20)25(3,4)5/h8-16H,6-7,17H2,1-5H3,(H,27,31)/b26-16+. The molecule has 0 aliphatic rings. The Hall–Kier alpha value is -2.93. The molecule has 168 valence electrons. The number of rotatable bonds is 8. The van der Waals surface area contributed by atoms with E-state index in [-0.39, 0.29) is 17.1 Å². The van der Waals surface area contributed by atoms with Crippen LogP contribution in [0.3, 0.4) is 0 Å². The Morgan fingerprint density at radius 2 is 1.75 bits per heavy atom. The second-order valence-corrected chi connectivity index (χ2v) is 9.50. The van der Waals surface area contributed by atoms with E-state index in [1.807, 2.05) is 16.7 Å². The smallest absolute Gasteiger partial charge is 0.250 e. The summed E-state index contributed by atoms with van der Waals surface area (Å²) in [6, 6.07) is 16.5. The van der Waals surface area contributed by atoms with Gasteiger partial charge in [0.15, 0.2) is 11.0 Å². The van der Waals surface area contributed by atoms with Crippen LogP contribution >= 0.6 is 11.8 Å². The fraction of sp³-hybridized carbons (Fsp3) is 0.360. The van der Waals surface area contributed by atoms with Crippen LogP contribution in [0.2, 0.25) is 0 Å². The van der Waals surface area contributed by atoms with Crippen LogP contribution in [0.25, 0.3) is 11.4 Å². The second-order valence-electron chi connectivity index (χ2n) is 8.55. The summed E-state index contributed by atoms with van der Waals surface area (Å²) in [4.78, 5) is 12.2. The van der Waals surface area contributed by atoms with Gasteiger partial charge >= 0.3 is 0 Å². The summed E-state index contributed by atoms with van der Waals surface area (Å²) < 4.78 is 2.03. The van der Waals surface area contributed by atoms with Crippen molar-refractivity contribution >= 4 is 23.9 Å². The lowest BCUT2D eigenvalue weighted by atomic mass is 9.87. The molecule has 1 aromatic heterocycles. The molecule has 0 fully saturated rings. The van der Waals surface area contributed by atoms with Gasteiger partial charge in [0.05, 0.1) is 12.0 Å². The van der Waals surface area contributed by atoms with E-state index in [0.29, 0.717) is 0 Å². The van der Waals surface area contributed by atoms with Crippen molar-refractivity contribution in [3.8, 4) is 11.4 Å². The third-order valence-corrected chi connectivity index (χ3v) is 6.13. The molecule has 0 radical (unpaired) electrons. The molecule has 1 amide bonds. The fourth-order valence-corrected chi connectivity index (χ4v) is 3.99. The summed E-state index contributed by atoms with van der Waals surface area (Å²) in [7, 11) is 0. The van der Waals surface area contributed by atoms with Gasteiger partial charge in [-0.2, -0.15) is 5.10 Å². The molecular weight excluding hydrogens is 418 g/mol. The highest BCUT2D eigenvalue weighted by Gasteiger charge is 2.17. The van der Waals surface area contributed by atoms with E-state index in [9.17, 15) is 4.79 Å². The number of hydrogen-bond donors (Lipinski definition) is 1. The minimum atomic E-state index is -0.182. The molecule has 7 heteroatoms. The Labute approximate surface area is 194 Å². The monoisotopic (exact) mass is 449 g/mol. The highest BCUT2D eigenvalue weighted by atomic mass is 32.2. The van der Waals surface area contributed by atoms with E-state index in [2.05, 4.69) is 91.7 Å². The molecule has 2 aromatic carbocycles. The maximum Gasteiger partial charge on any atom is 0.250 e. The maximum atomic E-state index is 12.2. The Kier molecular flexibility index (Phi) is 7.85. The van der Waals surface area contributed by atoms with Gasteiger partial charge in [0, 0.05) is 12.1 Å². The fourth-order valence-electron chi connectivity index (χ4n) is 3.19. The first kappa shape index (κ1) is 23.7. The molecule has 0 bridgehead atoms. The zero-order valence-electron chi connectivity index (χ0n) is 19.4. The number of nitrogens with zero attached hydrogens (tertiary/aromatic N) is 4. The molecule has 0 saturated heterocycles. The Morgan fingerprint density at radius 1 is 1.06 bits per heavy atom. The van der Waals surface area contributed by atoms with Gasteiger partial charge in [0.1, 0.15) is 0 Å². The van der Waals surface area contributed by atoms with Crippen molar-refractivity contribution in [2.45, 2.75) is 58.2 Å². The van der Waals surface area contributed by atoms with Crippen LogP contribution in [0.1, 0.15) is 51.3 Å². The zero-order valence-corrected chi connectivity index (χ0v) is 20.2. The number of nitrogens with one attached hydrogen (secondary N) is 1. The van der Waals surface area contributed by atoms with Crippen LogP contribution in [0.5, 0.6) is 0 Å². The van der Waals surface area contributed by atoms with E-state index < -0.39 is 0 Å². The molecule has 0 atom stereocenters. The molecule has 0 aliphatic heterocycles. The minimum Gasteiger partial charge on any atom is -0.302 e. The topological polar surface area (TPSA) is 72.2 Å². The highest BCUT2D eigenvalue weighted by molar-refractivity contribution is 7.99. The van der Waals surface area contributed by atoms with Crippen LogP contribution in [0.15, 0.2) is 58.8 Å². The Balaban J connectivity index is 1.60. The van der Waals surface area contributed by atoms with E-state index >= 15 is 0 Å². The van der Waals surface area contributed by atoms with Gasteiger partial charge in [-0.15, -0.1) is 10.2 Å². The van der Waals surface area contributed by atoms with Gasteiger partial charge in [-0.3, -0.25) is 4.79 Å². The summed E-state index contributed by atoms with van der Waals surface area (Å²) in [5, 5.41) is 13.5. The Bertz CT molecular complexity index is 1060. The highest BCUT2D eigenvalue weighted by Crippen LogP contribution is 2.27. The normalized spacial score (nSPS) is 11.8. The molecule has 6 nitrogen and oxygen atoms in total. The molecule has 0 unspecified atom stereocenters. The van der Waals surface area contributed by atoms with Crippen molar-refractivity contribution in [1.82, 2.24) is 20.2 Å². The number of hydrazone groups is 1. The molecule has 3 aromatic rings. The summed E-state index contributed by atoms with van der Waals surface area (Å²) in [5.74, 6) is 0.843.